The van der Waals surface area contributed by atoms with E-state index in [9.17, 15) is 0 Å². The van der Waals surface area contributed by atoms with Crippen molar-refractivity contribution < 1.29 is 4.74 Å². The molecule has 0 radical (unpaired) electrons. The number of fused-ring (bicyclic) bond motifs is 1. The molecule has 2 aromatic rings. The minimum absolute atomic E-state index is 0.106. The molecule has 1 aliphatic rings. The van der Waals surface area contributed by atoms with Gasteiger partial charge < -0.3 is 4.74 Å². The van der Waals surface area contributed by atoms with E-state index in [2.05, 4.69) is 72.8 Å². The van der Waals surface area contributed by atoms with E-state index in [4.69, 9.17) is 16.3 Å². The molecule has 0 saturated heterocycles. The summed E-state index contributed by atoms with van der Waals surface area (Å²) in [6.45, 7) is 4.23. The lowest BCUT2D eigenvalue weighted by Crippen LogP contribution is -2.24. The Morgan fingerprint density at radius 1 is 1.10 bits per heavy atom. The second-order valence-electron chi connectivity index (χ2n) is 5.82. The Bertz CT molecular complexity index is 634. The van der Waals surface area contributed by atoms with E-state index in [1.807, 2.05) is 6.07 Å². The summed E-state index contributed by atoms with van der Waals surface area (Å²) in [6.07, 6.45) is 0.937. The third-order valence-corrected chi connectivity index (χ3v) is 4.77. The summed E-state index contributed by atoms with van der Waals surface area (Å²) >= 11 is 8.92. The zero-order valence-electron chi connectivity index (χ0n) is 11.5. The fourth-order valence-electron chi connectivity index (χ4n) is 2.61. The molecule has 3 rings (SSSR count). The highest BCUT2D eigenvalue weighted by molar-refractivity contribution is 14.1. The van der Waals surface area contributed by atoms with E-state index in [-0.39, 0.29) is 11.0 Å². The Kier molecular flexibility index (Phi) is 3.71. The highest BCUT2D eigenvalue weighted by Gasteiger charge is 2.30. The standard InChI is InChI=1S/C17H16ClIO/c1-17(2)10-13-9-12(5-8-15(13)20-17)16(18)11-3-6-14(19)7-4-11/h3-9,16H,10H2,1-2H3. The maximum atomic E-state index is 6.61. The van der Waals surface area contributed by atoms with Crippen LogP contribution in [0, 0.1) is 3.57 Å². The van der Waals surface area contributed by atoms with Crippen molar-refractivity contribution in [2.24, 2.45) is 0 Å². The first-order chi connectivity index (χ1) is 9.44. The second-order valence-corrected chi connectivity index (χ2v) is 7.50. The Morgan fingerprint density at radius 3 is 2.45 bits per heavy atom. The van der Waals surface area contributed by atoms with Gasteiger partial charge in [0.1, 0.15) is 11.4 Å². The van der Waals surface area contributed by atoms with Crippen LogP contribution in [0.5, 0.6) is 5.75 Å². The van der Waals surface area contributed by atoms with Crippen LogP contribution in [0.2, 0.25) is 0 Å². The van der Waals surface area contributed by atoms with Crippen LogP contribution >= 0.6 is 34.2 Å². The van der Waals surface area contributed by atoms with Crippen molar-refractivity contribution in [3.05, 3.63) is 62.7 Å². The molecule has 0 fully saturated rings. The lowest BCUT2D eigenvalue weighted by atomic mass is 9.97. The number of hydrogen-bond donors (Lipinski definition) is 0. The topological polar surface area (TPSA) is 9.23 Å². The maximum absolute atomic E-state index is 6.61. The molecular weight excluding hydrogens is 383 g/mol. The predicted molar refractivity (Wildman–Crippen MR) is 91.7 cm³/mol. The van der Waals surface area contributed by atoms with E-state index in [1.165, 1.54) is 9.13 Å². The van der Waals surface area contributed by atoms with Crippen molar-refractivity contribution in [2.75, 3.05) is 0 Å². The molecule has 2 aromatic carbocycles. The van der Waals surface area contributed by atoms with Crippen LogP contribution in [0.4, 0.5) is 0 Å². The fraction of sp³-hybridized carbons (Fsp3) is 0.294. The molecule has 0 spiro atoms. The second kappa shape index (κ2) is 5.23. The summed E-state index contributed by atoms with van der Waals surface area (Å²) in [6, 6.07) is 14.6. The Balaban J connectivity index is 1.90. The summed E-state index contributed by atoms with van der Waals surface area (Å²) in [7, 11) is 0. The van der Waals surface area contributed by atoms with Gasteiger partial charge in [-0.05, 0) is 71.3 Å². The maximum Gasteiger partial charge on any atom is 0.123 e. The summed E-state index contributed by atoms with van der Waals surface area (Å²) in [5.74, 6) is 0.991. The minimum Gasteiger partial charge on any atom is -0.487 e. The lowest BCUT2D eigenvalue weighted by Gasteiger charge is -2.16. The third-order valence-electron chi connectivity index (χ3n) is 3.54. The Morgan fingerprint density at radius 2 is 1.75 bits per heavy atom. The molecule has 0 saturated carbocycles. The van der Waals surface area contributed by atoms with E-state index in [0.29, 0.717) is 0 Å². The molecule has 0 bridgehead atoms. The number of benzene rings is 2. The molecule has 1 nitrogen and oxygen atoms in total. The first-order valence-electron chi connectivity index (χ1n) is 6.66. The number of rotatable bonds is 2. The van der Waals surface area contributed by atoms with Crippen LogP contribution in [-0.4, -0.2) is 5.60 Å². The molecule has 0 N–H and O–H groups in total. The highest BCUT2D eigenvalue weighted by atomic mass is 127. The van der Waals surface area contributed by atoms with Gasteiger partial charge in [-0.2, -0.15) is 0 Å². The summed E-state index contributed by atoms with van der Waals surface area (Å²) < 4.78 is 7.13. The average molecular weight is 399 g/mol. The molecule has 0 aliphatic carbocycles. The largest absolute Gasteiger partial charge is 0.487 e. The van der Waals surface area contributed by atoms with Crippen LogP contribution in [0.15, 0.2) is 42.5 Å². The smallest absolute Gasteiger partial charge is 0.123 e. The van der Waals surface area contributed by atoms with Crippen LogP contribution in [0.25, 0.3) is 0 Å². The van der Waals surface area contributed by atoms with Crippen molar-refractivity contribution in [3.8, 4) is 5.75 Å². The first kappa shape index (κ1) is 14.2. The van der Waals surface area contributed by atoms with Crippen molar-refractivity contribution in [2.45, 2.75) is 31.2 Å². The van der Waals surface area contributed by atoms with Crippen LogP contribution in [-0.2, 0) is 6.42 Å². The van der Waals surface area contributed by atoms with Crippen LogP contribution in [0.3, 0.4) is 0 Å². The van der Waals surface area contributed by atoms with E-state index < -0.39 is 0 Å². The monoisotopic (exact) mass is 398 g/mol. The van der Waals surface area contributed by atoms with Crippen LogP contribution < -0.4 is 4.74 Å². The molecule has 1 unspecified atom stereocenters. The molecule has 3 heteroatoms. The van der Waals surface area contributed by atoms with Gasteiger partial charge in [0.25, 0.3) is 0 Å². The molecule has 1 heterocycles. The highest BCUT2D eigenvalue weighted by Crippen LogP contribution is 2.38. The molecule has 0 amide bonds. The van der Waals surface area contributed by atoms with E-state index in [0.717, 1.165) is 23.3 Å². The molecule has 1 aliphatic heterocycles. The van der Waals surface area contributed by atoms with Crippen molar-refractivity contribution in [1.82, 2.24) is 0 Å². The third kappa shape index (κ3) is 2.82. The number of alkyl halides is 1. The molecule has 0 aromatic heterocycles. The SMILES string of the molecule is CC1(C)Cc2cc(C(Cl)c3ccc(I)cc3)ccc2O1. The van der Waals surface area contributed by atoms with Gasteiger partial charge in [-0.3, -0.25) is 0 Å². The first-order valence-corrected chi connectivity index (χ1v) is 8.17. The predicted octanol–water partition coefficient (Wildman–Crippen LogP) is 5.33. The van der Waals surface area contributed by atoms with E-state index >= 15 is 0 Å². The van der Waals surface area contributed by atoms with Gasteiger partial charge >= 0.3 is 0 Å². The number of halogens is 2. The van der Waals surface area contributed by atoms with Gasteiger partial charge in [0.05, 0.1) is 5.38 Å². The summed E-state index contributed by atoms with van der Waals surface area (Å²) in [4.78, 5) is 0. The Hall–Kier alpha value is -0.740. The Labute approximate surface area is 138 Å². The lowest BCUT2D eigenvalue weighted by molar-refractivity contribution is 0.138. The van der Waals surface area contributed by atoms with Gasteiger partial charge in [-0.15, -0.1) is 11.6 Å². The van der Waals surface area contributed by atoms with Crippen molar-refractivity contribution >= 4 is 34.2 Å². The van der Waals surface area contributed by atoms with E-state index in [1.54, 1.807) is 0 Å². The molecular formula is C17H16ClIO. The molecule has 1 atom stereocenters. The summed E-state index contributed by atoms with van der Waals surface area (Å²) in [5.41, 5.74) is 3.41. The van der Waals surface area contributed by atoms with Gasteiger partial charge in [-0.1, -0.05) is 24.3 Å². The number of hydrogen-bond acceptors (Lipinski definition) is 1. The fourth-order valence-corrected chi connectivity index (χ4v) is 3.25. The molecule has 104 valence electrons. The van der Waals surface area contributed by atoms with Gasteiger partial charge in [-0.25, -0.2) is 0 Å². The zero-order chi connectivity index (χ0) is 14.3. The molecule has 20 heavy (non-hydrogen) atoms. The van der Waals surface area contributed by atoms with Crippen molar-refractivity contribution in [1.29, 1.82) is 0 Å². The number of ether oxygens (including phenoxy) is 1. The van der Waals surface area contributed by atoms with Gasteiger partial charge in [0.15, 0.2) is 0 Å². The van der Waals surface area contributed by atoms with Crippen LogP contribution in [0.1, 0.15) is 35.9 Å². The van der Waals surface area contributed by atoms with Crippen molar-refractivity contribution in [3.63, 3.8) is 0 Å². The quantitative estimate of drug-likeness (QED) is 0.490. The average Bonchev–Trinajstić information content (AvgIpc) is 2.71. The minimum atomic E-state index is -0.110. The van der Waals surface area contributed by atoms with Gasteiger partial charge in [0.2, 0.25) is 0 Å². The zero-order valence-corrected chi connectivity index (χ0v) is 14.4. The summed E-state index contributed by atoms with van der Waals surface area (Å²) in [5, 5.41) is -0.110. The normalized spacial score (nSPS) is 17.4. The van der Waals surface area contributed by atoms with Gasteiger partial charge in [0, 0.05) is 9.99 Å².